The first kappa shape index (κ1) is 21.0. The van der Waals surface area contributed by atoms with Gasteiger partial charge in [-0.05, 0) is 56.8 Å². The predicted octanol–water partition coefficient (Wildman–Crippen LogP) is 4.50. The van der Waals surface area contributed by atoms with Gasteiger partial charge in [-0.25, -0.2) is 0 Å². The van der Waals surface area contributed by atoms with E-state index in [0.29, 0.717) is 11.2 Å². The molecule has 0 fully saturated rings. The van der Waals surface area contributed by atoms with E-state index in [1.807, 2.05) is 25.9 Å². The first-order chi connectivity index (χ1) is 12.5. The predicted molar refractivity (Wildman–Crippen MR) is 112 cm³/mol. The molecule has 3 nitrogen and oxygen atoms in total. The third kappa shape index (κ3) is 5.88. The number of rotatable bonds is 10. The lowest BCUT2D eigenvalue weighted by molar-refractivity contribution is -0.112. The van der Waals surface area contributed by atoms with Crippen molar-refractivity contribution in [1.29, 1.82) is 0 Å². The van der Waals surface area contributed by atoms with Crippen molar-refractivity contribution in [2.75, 3.05) is 20.6 Å². The van der Waals surface area contributed by atoms with Gasteiger partial charge in [0.05, 0.1) is 0 Å². The molecule has 0 spiro atoms. The zero-order valence-corrected chi connectivity index (χ0v) is 17.4. The first-order valence-electron chi connectivity index (χ1n) is 9.71. The van der Waals surface area contributed by atoms with E-state index in [2.05, 4.69) is 60.9 Å². The summed E-state index contributed by atoms with van der Waals surface area (Å²) in [4.78, 5) is 12.9. The lowest BCUT2D eigenvalue weighted by atomic mass is 9.67. The molecule has 2 N–H and O–H groups in total. The Hall–Kier alpha value is -1.26. The van der Waals surface area contributed by atoms with E-state index in [-0.39, 0.29) is 11.3 Å². The molecule has 2 rings (SSSR count). The zero-order chi connectivity index (χ0) is 19.0. The van der Waals surface area contributed by atoms with Crippen LogP contribution < -0.4 is 10.6 Å². The minimum Gasteiger partial charge on any atom is -0.391 e. The zero-order valence-electron chi connectivity index (χ0n) is 16.6. The molecular weight excluding hydrogens is 340 g/mol. The molecule has 26 heavy (non-hydrogen) atoms. The molecule has 0 heterocycles. The molecule has 1 aliphatic rings. The van der Waals surface area contributed by atoms with Crippen LogP contribution in [0.1, 0.15) is 39.5 Å². The summed E-state index contributed by atoms with van der Waals surface area (Å²) in [5.74, 6) is 0.549. The minimum absolute atomic E-state index is 0.141. The second-order valence-electron chi connectivity index (χ2n) is 7.96. The topological polar surface area (TPSA) is 41.1 Å². The van der Waals surface area contributed by atoms with Gasteiger partial charge < -0.3 is 15.4 Å². The molecule has 4 heteroatoms. The van der Waals surface area contributed by atoms with Crippen molar-refractivity contribution in [1.82, 2.24) is 10.6 Å². The van der Waals surface area contributed by atoms with Crippen LogP contribution in [0.15, 0.2) is 47.0 Å². The second-order valence-corrected chi connectivity index (χ2v) is 9.28. The number of carbonyl (C=O) groups is 1. The molecule has 0 bridgehead atoms. The molecule has 0 aliphatic heterocycles. The number of allylic oxidation sites excluding steroid dienone is 1. The fourth-order valence-corrected chi connectivity index (χ4v) is 5.39. The fraction of sp³-hybridized carbons (Fsp3) is 0.591. The maximum absolute atomic E-state index is 11.6. The smallest absolute Gasteiger partial charge is 0.123 e. The fourth-order valence-electron chi connectivity index (χ4n) is 4.00. The van der Waals surface area contributed by atoms with E-state index in [4.69, 9.17) is 0 Å². The molecule has 1 aromatic rings. The monoisotopic (exact) mass is 374 g/mol. The van der Waals surface area contributed by atoms with Crippen molar-refractivity contribution < 1.29 is 4.79 Å². The largest absolute Gasteiger partial charge is 0.391 e. The highest BCUT2D eigenvalue weighted by Crippen LogP contribution is 2.47. The Morgan fingerprint density at radius 1 is 1.27 bits per heavy atom. The van der Waals surface area contributed by atoms with Crippen LogP contribution >= 0.6 is 11.8 Å². The van der Waals surface area contributed by atoms with Gasteiger partial charge in [0.2, 0.25) is 0 Å². The summed E-state index contributed by atoms with van der Waals surface area (Å²) >= 11 is 1.94. The van der Waals surface area contributed by atoms with Crippen LogP contribution in [0.4, 0.5) is 0 Å². The van der Waals surface area contributed by atoms with E-state index in [9.17, 15) is 4.79 Å². The van der Waals surface area contributed by atoms with Gasteiger partial charge in [-0.2, -0.15) is 0 Å². The molecular formula is C22H34N2OS. The first-order valence-corrected chi connectivity index (χ1v) is 10.6. The molecule has 0 amide bonds. The molecule has 0 saturated carbocycles. The Kier molecular flexibility index (Phi) is 8.23. The number of hydrogen-bond acceptors (Lipinski definition) is 4. The summed E-state index contributed by atoms with van der Waals surface area (Å²) in [7, 11) is 3.98. The van der Waals surface area contributed by atoms with Crippen LogP contribution in [0, 0.1) is 17.3 Å². The molecule has 3 atom stereocenters. The van der Waals surface area contributed by atoms with Crippen LogP contribution in [-0.2, 0) is 4.79 Å². The average Bonchev–Trinajstić information content (AvgIpc) is 2.62. The van der Waals surface area contributed by atoms with Gasteiger partial charge in [-0.1, -0.05) is 38.1 Å². The lowest BCUT2D eigenvalue weighted by Crippen LogP contribution is -2.38. The maximum atomic E-state index is 11.6. The highest BCUT2D eigenvalue weighted by molar-refractivity contribution is 8.00. The normalized spacial score (nSPS) is 23.2. The van der Waals surface area contributed by atoms with Crippen LogP contribution in [-0.4, -0.2) is 32.2 Å². The van der Waals surface area contributed by atoms with Crippen molar-refractivity contribution in [3.05, 3.63) is 42.1 Å². The molecule has 1 aromatic carbocycles. The summed E-state index contributed by atoms with van der Waals surface area (Å²) in [5, 5.41) is 7.08. The highest BCUT2D eigenvalue weighted by Gasteiger charge is 2.39. The number of benzene rings is 1. The van der Waals surface area contributed by atoms with Crippen LogP contribution in [0.2, 0.25) is 0 Å². The summed E-state index contributed by atoms with van der Waals surface area (Å²) in [6.45, 7) is 5.69. The van der Waals surface area contributed by atoms with Crippen molar-refractivity contribution >= 4 is 18.0 Å². The minimum atomic E-state index is 0.141. The third-order valence-corrected chi connectivity index (χ3v) is 6.61. The SMILES string of the molecule is CNCCCC(C=O)C[C@H]1C(NC)=CC(Sc2ccccc2)CC1(C)C. The van der Waals surface area contributed by atoms with Crippen molar-refractivity contribution in [2.45, 2.75) is 49.7 Å². The molecule has 0 saturated heterocycles. The van der Waals surface area contributed by atoms with Crippen LogP contribution in [0.3, 0.4) is 0 Å². The molecule has 144 valence electrons. The van der Waals surface area contributed by atoms with Gasteiger partial charge in [-0.3, -0.25) is 0 Å². The third-order valence-electron chi connectivity index (χ3n) is 5.46. The van der Waals surface area contributed by atoms with Gasteiger partial charge >= 0.3 is 0 Å². The second kappa shape index (κ2) is 10.2. The Bertz CT molecular complexity index is 585. The standard InChI is InChI=1S/C22H34N2OS/c1-22(2)15-19(26-18-10-6-5-7-11-18)14-21(24-4)20(22)13-17(16-25)9-8-12-23-3/h5-7,10-11,14,16-17,19-20,23-24H,8-9,12-13,15H2,1-4H3/t17?,19?,20-/m0/s1. The molecule has 2 unspecified atom stereocenters. The highest BCUT2D eigenvalue weighted by atomic mass is 32.2. The summed E-state index contributed by atoms with van der Waals surface area (Å²) in [5.41, 5.74) is 1.47. The van der Waals surface area contributed by atoms with E-state index < -0.39 is 0 Å². The number of thioether (sulfide) groups is 1. The van der Waals surface area contributed by atoms with E-state index in [1.165, 1.54) is 16.9 Å². The summed E-state index contributed by atoms with van der Waals surface area (Å²) in [6.07, 6.45) is 7.65. The van der Waals surface area contributed by atoms with Crippen molar-refractivity contribution in [2.24, 2.45) is 17.3 Å². The van der Waals surface area contributed by atoms with Gasteiger partial charge in [-0.15, -0.1) is 11.8 Å². The van der Waals surface area contributed by atoms with Crippen molar-refractivity contribution in [3.63, 3.8) is 0 Å². The number of hydrogen-bond donors (Lipinski definition) is 2. The summed E-state index contributed by atoms with van der Waals surface area (Å²) < 4.78 is 0. The molecule has 1 aliphatic carbocycles. The Labute approximate surface area is 163 Å². The quantitative estimate of drug-likeness (QED) is 0.467. The van der Waals surface area contributed by atoms with E-state index >= 15 is 0 Å². The average molecular weight is 375 g/mol. The number of nitrogens with one attached hydrogen (secondary N) is 2. The lowest BCUT2D eigenvalue weighted by Gasteiger charge is -2.43. The molecule has 0 aromatic heterocycles. The molecule has 0 radical (unpaired) electrons. The Morgan fingerprint density at radius 2 is 2.00 bits per heavy atom. The Morgan fingerprint density at radius 3 is 2.62 bits per heavy atom. The van der Waals surface area contributed by atoms with E-state index in [0.717, 1.165) is 32.2 Å². The van der Waals surface area contributed by atoms with Gasteiger partial charge in [0.15, 0.2) is 0 Å². The van der Waals surface area contributed by atoms with E-state index in [1.54, 1.807) is 0 Å². The van der Waals surface area contributed by atoms with Gasteiger partial charge in [0, 0.05) is 34.7 Å². The maximum Gasteiger partial charge on any atom is 0.123 e. The number of aldehydes is 1. The number of carbonyl (C=O) groups excluding carboxylic acids is 1. The van der Waals surface area contributed by atoms with Crippen LogP contribution in [0.25, 0.3) is 0 Å². The van der Waals surface area contributed by atoms with Gasteiger partial charge in [0.25, 0.3) is 0 Å². The van der Waals surface area contributed by atoms with Gasteiger partial charge in [0.1, 0.15) is 6.29 Å². The summed E-state index contributed by atoms with van der Waals surface area (Å²) in [6, 6.07) is 10.6. The van der Waals surface area contributed by atoms with Crippen LogP contribution in [0.5, 0.6) is 0 Å². The Balaban J connectivity index is 2.10. The van der Waals surface area contributed by atoms with Crippen molar-refractivity contribution in [3.8, 4) is 0 Å².